The molecule has 0 fully saturated rings. The third-order valence-electron chi connectivity index (χ3n) is 5.08. The van der Waals surface area contributed by atoms with Crippen molar-refractivity contribution in [2.45, 2.75) is 13.8 Å². The molecule has 4 rings (SSSR count). The summed E-state index contributed by atoms with van der Waals surface area (Å²) in [6.45, 7) is 3.48. The van der Waals surface area contributed by atoms with Crippen LogP contribution in [-0.2, 0) is 9.53 Å². The SMILES string of the molecule is COc1ccc(-c2nc3ccc(C(=O)OCC(=O)Nc4cc(C)ccc4C)cc3[nH]2)cc1. The Bertz CT molecular complexity index is 1290. The molecule has 0 radical (unpaired) electrons. The van der Waals surface area contributed by atoms with Crippen molar-refractivity contribution in [2.24, 2.45) is 0 Å². The predicted octanol–water partition coefficient (Wildman–Crippen LogP) is 4.65. The number of imidazole rings is 1. The second-order valence-corrected chi connectivity index (χ2v) is 7.49. The molecule has 1 heterocycles. The summed E-state index contributed by atoms with van der Waals surface area (Å²) in [5, 5.41) is 2.78. The molecule has 0 aliphatic rings. The number of benzene rings is 3. The van der Waals surface area contributed by atoms with Crippen LogP contribution in [0.1, 0.15) is 21.5 Å². The van der Waals surface area contributed by atoms with Crippen LogP contribution in [0.3, 0.4) is 0 Å². The number of carbonyl (C=O) groups is 2. The van der Waals surface area contributed by atoms with Crippen LogP contribution in [0.2, 0.25) is 0 Å². The van der Waals surface area contributed by atoms with Crippen molar-refractivity contribution in [2.75, 3.05) is 19.0 Å². The van der Waals surface area contributed by atoms with Crippen molar-refractivity contribution in [3.05, 3.63) is 77.4 Å². The number of methoxy groups -OCH3 is 1. The van der Waals surface area contributed by atoms with E-state index in [9.17, 15) is 9.59 Å². The molecule has 1 aromatic heterocycles. The number of rotatable bonds is 6. The van der Waals surface area contributed by atoms with E-state index in [2.05, 4.69) is 15.3 Å². The van der Waals surface area contributed by atoms with Gasteiger partial charge in [-0.05, 0) is 73.5 Å². The first-order valence-electron chi connectivity index (χ1n) is 10.1. The van der Waals surface area contributed by atoms with Gasteiger partial charge in [0.25, 0.3) is 5.91 Å². The standard InChI is InChI=1S/C25H23N3O4/c1-15-4-5-16(2)21(12-15)26-23(29)14-32-25(30)18-8-11-20-22(13-18)28-24(27-20)17-6-9-19(31-3)10-7-17/h4-13H,14H2,1-3H3,(H,26,29)(H,27,28). The number of aromatic amines is 1. The van der Waals surface area contributed by atoms with Gasteiger partial charge in [0.15, 0.2) is 6.61 Å². The van der Waals surface area contributed by atoms with Gasteiger partial charge in [-0.2, -0.15) is 0 Å². The number of aromatic nitrogens is 2. The Morgan fingerprint density at radius 1 is 1.00 bits per heavy atom. The predicted molar refractivity (Wildman–Crippen MR) is 123 cm³/mol. The molecule has 0 aliphatic heterocycles. The Hall–Kier alpha value is -4.13. The topological polar surface area (TPSA) is 93.3 Å². The van der Waals surface area contributed by atoms with Crippen LogP contribution < -0.4 is 10.1 Å². The highest BCUT2D eigenvalue weighted by molar-refractivity contribution is 5.97. The van der Waals surface area contributed by atoms with Crippen LogP contribution >= 0.6 is 0 Å². The highest BCUT2D eigenvalue weighted by Gasteiger charge is 2.14. The number of anilines is 1. The lowest BCUT2D eigenvalue weighted by atomic mass is 10.1. The number of fused-ring (bicyclic) bond motifs is 1. The molecular weight excluding hydrogens is 406 g/mol. The first kappa shape index (κ1) is 21.1. The number of hydrogen-bond acceptors (Lipinski definition) is 5. The third-order valence-corrected chi connectivity index (χ3v) is 5.08. The number of amides is 1. The Morgan fingerprint density at radius 3 is 2.53 bits per heavy atom. The van der Waals surface area contributed by atoms with E-state index in [1.54, 1.807) is 25.3 Å². The molecule has 162 valence electrons. The second-order valence-electron chi connectivity index (χ2n) is 7.49. The minimum absolute atomic E-state index is 0.335. The average molecular weight is 429 g/mol. The molecule has 0 spiro atoms. The average Bonchev–Trinajstić information content (AvgIpc) is 3.23. The van der Waals surface area contributed by atoms with Gasteiger partial charge in [0.2, 0.25) is 0 Å². The van der Waals surface area contributed by atoms with E-state index >= 15 is 0 Å². The van der Waals surface area contributed by atoms with Gasteiger partial charge < -0.3 is 19.8 Å². The highest BCUT2D eigenvalue weighted by Crippen LogP contribution is 2.23. The van der Waals surface area contributed by atoms with E-state index in [0.29, 0.717) is 22.6 Å². The smallest absolute Gasteiger partial charge is 0.338 e. The molecule has 0 aliphatic carbocycles. The first-order chi connectivity index (χ1) is 15.4. The minimum Gasteiger partial charge on any atom is -0.497 e. The summed E-state index contributed by atoms with van der Waals surface area (Å²) in [5.41, 5.74) is 5.33. The van der Waals surface area contributed by atoms with Crippen LogP contribution in [0, 0.1) is 13.8 Å². The largest absolute Gasteiger partial charge is 0.497 e. The van der Waals surface area contributed by atoms with Crippen molar-refractivity contribution in [3.63, 3.8) is 0 Å². The zero-order valence-corrected chi connectivity index (χ0v) is 18.1. The van der Waals surface area contributed by atoms with Gasteiger partial charge in [0.05, 0.1) is 23.7 Å². The zero-order valence-electron chi connectivity index (χ0n) is 18.1. The van der Waals surface area contributed by atoms with Crippen LogP contribution in [0.5, 0.6) is 5.75 Å². The molecule has 7 heteroatoms. The van der Waals surface area contributed by atoms with Crippen LogP contribution in [-0.4, -0.2) is 35.6 Å². The van der Waals surface area contributed by atoms with E-state index in [1.165, 1.54) is 0 Å². The molecule has 0 bridgehead atoms. The minimum atomic E-state index is -0.580. The van der Waals surface area contributed by atoms with E-state index in [-0.39, 0.29) is 6.61 Å². The van der Waals surface area contributed by atoms with Gasteiger partial charge in [-0.15, -0.1) is 0 Å². The molecule has 4 aromatic rings. The van der Waals surface area contributed by atoms with Gasteiger partial charge in [-0.1, -0.05) is 12.1 Å². The highest BCUT2D eigenvalue weighted by atomic mass is 16.5. The normalized spacial score (nSPS) is 10.7. The summed E-state index contributed by atoms with van der Waals surface area (Å²) >= 11 is 0. The lowest BCUT2D eigenvalue weighted by Crippen LogP contribution is -2.21. The number of hydrogen-bond donors (Lipinski definition) is 2. The molecule has 0 atom stereocenters. The number of H-pyrrole nitrogens is 1. The monoisotopic (exact) mass is 429 g/mol. The number of aryl methyl sites for hydroxylation is 2. The molecule has 7 nitrogen and oxygen atoms in total. The maximum Gasteiger partial charge on any atom is 0.338 e. The van der Waals surface area contributed by atoms with Gasteiger partial charge in [-0.3, -0.25) is 4.79 Å². The fourth-order valence-corrected chi connectivity index (χ4v) is 3.29. The summed E-state index contributed by atoms with van der Waals surface area (Å²) < 4.78 is 10.4. The number of carbonyl (C=O) groups excluding carboxylic acids is 2. The van der Waals surface area contributed by atoms with Crippen molar-refractivity contribution < 1.29 is 19.1 Å². The molecule has 2 N–H and O–H groups in total. The maximum atomic E-state index is 12.5. The van der Waals surface area contributed by atoms with E-state index in [1.807, 2.05) is 56.3 Å². The Labute approximate surface area is 185 Å². The van der Waals surface area contributed by atoms with E-state index < -0.39 is 11.9 Å². The van der Waals surface area contributed by atoms with Gasteiger partial charge in [0, 0.05) is 11.3 Å². The Kier molecular flexibility index (Phi) is 5.89. The lowest BCUT2D eigenvalue weighted by molar-refractivity contribution is -0.119. The molecule has 32 heavy (non-hydrogen) atoms. The molecule has 3 aromatic carbocycles. The van der Waals surface area contributed by atoms with E-state index in [0.717, 1.165) is 28.0 Å². The summed E-state index contributed by atoms with van der Waals surface area (Å²) in [5.74, 6) is 0.470. The zero-order chi connectivity index (χ0) is 22.7. The lowest BCUT2D eigenvalue weighted by Gasteiger charge is -2.10. The summed E-state index contributed by atoms with van der Waals surface area (Å²) in [6.07, 6.45) is 0. The number of ether oxygens (including phenoxy) is 2. The first-order valence-corrected chi connectivity index (χ1v) is 10.1. The fraction of sp³-hybridized carbons (Fsp3) is 0.160. The molecule has 0 saturated heterocycles. The van der Waals surface area contributed by atoms with Crippen molar-refractivity contribution in [1.82, 2.24) is 9.97 Å². The summed E-state index contributed by atoms with van der Waals surface area (Å²) in [4.78, 5) is 32.5. The van der Waals surface area contributed by atoms with Crippen LogP contribution in [0.25, 0.3) is 22.4 Å². The molecule has 1 amide bonds. The third kappa shape index (κ3) is 4.62. The fourth-order valence-electron chi connectivity index (χ4n) is 3.29. The van der Waals surface area contributed by atoms with Gasteiger partial charge >= 0.3 is 5.97 Å². The Balaban J connectivity index is 1.43. The number of esters is 1. The molecular formula is C25H23N3O4. The molecule has 0 saturated carbocycles. The summed E-state index contributed by atoms with van der Waals surface area (Å²) in [7, 11) is 1.62. The van der Waals surface area contributed by atoms with Crippen molar-refractivity contribution in [3.8, 4) is 17.1 Å². The maximum absolute atomic E-state index is 12.5. The van der Waals surface area contributed by atoms with E-state index in [4.69, 9.17) is 9.47 Å². The second kappa shape index (κ2) is 8.93. The van der Waals surface area contributed by atoms with Crippen molar-refractivity contribution in [1.29, 1.82) is 0 Å². The van der Waals surface area contributed by atoms with Crippen LogP contribution in [0.15, 0.2) is 60.7 Å². The molecule has 0 unspecified atom stereocenters. The van der Waals surface area contributed by atoms with Gasteiger partial charge in [0.1, 0.15) is 11.6 Å². The quantitative estimate of drug-likeness (QED) is 0.435. The number of nitrogens with zero attached hydrogens (tertiary/aromatic N) is 1. The van der Waals surface area contributed by atoms with Crippen molar-refractivity contribution >= 4 is 28.6 Å². The van der Waals surface area contributed by atoms with Crippen LogP contribution in [0.4, 0.5) is 5.69 Å². The Morgan fingerprint density at radius 2 is 1.78 bits per heavy atom. The summed E-state index contributed by atoms with van der Waals surface area (Å²) in [6, 6.07) is 18.3. The number of nitrogens with one attached hydrogen (secondary N) is 2. The van der Waals surface area contributed by atoms with Gasteiger partial charge in [-0.25, -0.2) is 9.78 Å².